The van der Waals surface area contributed by atoms with E-state index in [-0.39, 0.29) is 6.04 Å². The van der Waals surface area contributed by atoms with Gasteiger partial charge in [0.1, 0.15) is 6.61 Å². The number of rotatable bonds is 8. The van der Waals surface area contributed by atoms with E-state index in [1.165, 1.54) is 5.56 Å². The molecule has 0 heterocycles. The van der Waals surface area contributed by atoms with Crippen molar-refractivity contribution in [2.45, 2.75) is 26.1 Å². The Labute approximate surface area is 190 Å². The Hall–Kier alpha value is -1.72. The van der Waals surface area contributed by atoms with Crippen LogP contribution in [0.5, 0.6) is 11.5 Å². The van der Waals surface area contributed by atoms with Gasteiger partial charge in [-0.15, -0.1) is 0 Å². The molecule has 0 aromatic heterocycles. The molecule has 0 aliphatic heterocycles. The Morgan fingerprint density at radius 1 is 1.03 bits per heavy atom. The summed E-state index contributed by atoms with van der Waals surface area (Å²) in [7, 11) is 1.63. The number of hydrogen-bond donors (Lipinski definition) is 1. The number of benzene rings is 3. The van der Waals surface area contributed by atoms with Crippen LogP contribution < -0.4 is 14.8 Å². The quantitative estimate of drug-likeness (QED) is 0.359. The van der Waals surface area contributed by atoms with Gasteiger partial charge in [0.15, 0.2) is 11.5 Å². The Balaban J connectivity index is 1.81. The van der Waals surface area contributed by atoms with Crippen molar-refractivity contribution in [2.75, 3.05) is 7.11 Å². The number of hydrogen-bond acceptors (Lipinski definition) is 3. The second-order valence-corrected chi connectivity index (χ2v) is 8.29. The summed E-state index contributed by atoms with van der Waals surface area (Å²) in [4.78, 5) is 0. The minimum absolute atomic E-state index is 0.188. The summed E-state index contributed by atoms with van der Waals surface area (Å²) in [5.74, 6) is 1.35. The third-order valence-electron chi connectivity index (χ3n) is 4.66. The van der Waals surface area contributed by atoms with E-state index in [1.54, 1.807) is 19.2 Å². The van der Waals surface area contributed by atoms with Crippen LogP contribution in [-0.4, -0.2) is 7.11 Å². The molecule has 1 atom stereocenters. The number of halogens is 3. The SMILES string of the molecule is COc1ccc(Br)c(CNC(C)c2ccccc2)c1OCc1ccc(Cl)cc1Cl. The van der Waals surface area contributed by atoms with E-state index in [0.29, 0.717) is 34.7 Å². The molecule has 0 aliphatic carbocycles. The van der Waals surface area contributed by atoms with Gasteiger partial charge in [0, 0.05) is 38.2 Å². The molecule has 29 heavy (non-hydrogen) atoms. The average molecular weight is 495 g/mol. The predicted octanol–water partition coefficient (Wildman–Crippen LogP) is 7.19. The van der Waals surface area contributed by atoms with Crippen molar-refractivity contribution >= 4 is 39.1 Å². The molecule has 0 spiro atoms. The zero-order valence-corrected chi connectivity index (χ0v) is 19.3. The highest BCUT2D eigenvalue weighted by molar-refractivity contribution is 9.10. The Morgan fingerprint density at radius 3 is 2.48 bits per heavy atom. The lowest BCUT2D eigenvalue weighted by atomic mass is 10.1. The first-order chi connectivity index (χ1) is 14.0. The maximum Gasteiger partial charge on any atom is 0.167 e. The maximum atomic E-state index is 6.29. The molecule has 0 saturated heterocycles. The van der Waals surface area contributed by atoms with Crippen molar-refractivity contribution in [3.63, 3.8) is 0 Å². The maximum absolute atomic E-state index is 6.29. The molecule has 0 radical (unpaired) electrons. The lowest BCUT2D eigenvalue weighted by Crippen LogP contribution is -2.19. The molecular weight excluding hydrogens is 473 g/mol. The van der Waals surface area contributed by atoms with E-state index >= 15 is 0 Å². The summed E-state index contributed by atoms with van der Waals surface area (Å²) in [5.41, 5.74) is 3.06. The van der Waals surface area contributed by atoms with E-state index < -0.39 is 0 Å². The van der Waals surface area contributed by atoms with Crippen LogP contribution in [0.1, 0.15) is 29.7 Å². The van der Waals surface area contributed by atoms with Gasteiger partial charge in [0.2, 0.25) is 0 Å². The van der Waals surface area contributed by atoms with E-state index in [0.717, 1.165) is 15.6 Å². The van der Waals surface area contributed by atoms with Gasteiger partial charge in [0.25, 0.3) is 0 Å². The molecule has 3 nitrogen and oxygen atoms in total. The summed E-state index contributed by atoms with van der Waals surface area (Å²) in [5, 5.41) is 4.72. The summed E-state index contributed by atoms with van der Waals surface area (Å²) in [6.45, 7) is 3.05. The molecule has 0 amide bonds. The van der Waals surface area contributed by atoms with Gasteiger partial charge < -0.3 is 14.8 Å². The van der Waals surface area contributed by atoms with Crippen LogP contribution >= 0.6 is 39.1 Å². The van der Waals surface area contributed by atoms with Crippen molar-refractivity contribution in [1.29, 1.82) is 0 Å². The second-order valence-electron chi connectivity index (χ2n) is 6.60. The molecule has 1 N–H and O–H groups in total. The fourth-order valence-corrected chi connectivity index (χ4v) is 3.88. The van der Waals surface area contributed by atoms with Gasteiger partial charge >= 0.3 is 0 Å². The van der Waals surface area contributed by atoms with Crippen LogP contribution in [0.15, 0.2) is 65.1 Å². The van der Waals surface area contributed by atoms with Crippen molar-refractivity contribution in [1.82, 2.24) is 5.32 Å². The van der Waals surface area contributed by atoms with Crippen LogP contribution in [-0.2, 0) is 13.2 Å². The zero-order valence-electron chi connectivity index (χ0n) is 16.2. The average Bonchev–Trinajstić information content (AvgIpc) is 2.73. The first-order valence-corrected chi connectivity index (χ1v) is 10.7. The largest absolute Gasteiger partial charge is 0.493 e. The molecule has 3 aromatic rings. The Morgan fingerprint density at radius 2 is 1.79 bits per heavy atom. The molecule has 0 bridgehead atoms. The monoisotopic (exact) mass is 493 g/mol. The minimum Gasteiger partial charge on any atom is -0.493 e. The highest BCUT2D eigenvalue weighted by Crippen LogP contribution is 2.37. The third kappa shape index (κ3) is 5.67. The molecule has 0 aliphatic rings. The number of nitrogens with one attached hydrogen (secondary N) is 1. The molecule has 152 valence electrons. The van der Waals surface area contributed by atoms with E-state index in [4.69, 9.17) is 32.7 Å². The summed E-state index contributed by atoms with van der Waals surface area (Å²) < 4.78 is 12.7. The van der Waals surface area contributed by atoms with Gasteiger partial charge in [-0.3, -0.25) is 0 Å². The van der Waals surface area contributed by atoms with Crippen molar-refractivity contribution < 1.29 is 9.47 Å². The fourth-order valence-electron chi connectivity index (χ4n) is 2.97. The summed E-state index contributed by atoms with van der Waals surface area (Å²) in [6, 6.07) is 19.7. The molecule has 6 heteroatoms. The molecule has 3 rings (SSSR count). The predicted molar refractivity (Wildman–Crippen MR) is 123 cm³/mol. The third-order valence-corrected chi connectivity index (χ3v) is 5.99. The Bertz CT molecular complexity index is 967. The van der Waals surface area contributed by atoms with E-state index in [1.807, 2.05) is 36.4 Å². The minimum atomic E-state index is 0.188. The lowest BCUT2D eigenvalue weighted by Gasteiger charge is -2.20. The normalized spacial score (nSPS) is 11.9. The van der Waals surface area contributed by atoms with Gasteiger partial charge in [-0.05, 0) is 36.8 Å². The van der Waals surface area contributed by atoms with Gasteiger partial charge in [-0.25, -0.2) is 0 Å². The lowest BCUT2D eigenvalue weighted by molar-refractivity contribution is 0.280. The van der Waals surface area contributed by atoms with Gasteiger partial charge in [0.05, 0.1) is 7.11 Å². The van der Waals surface area contributed by atoms with Crippen LogP contribution in [0.4, 0.5) is 0 Å². The van der Waals surface area contributed by atoms with Gasteiger partial charge in [-0.2, -0.15) is 0 Å². The topological polar surface area (TPSA) is 30.5 Å². The summed E-state index contributed by atoms with van der Waals surface area (Å²) in [6.07, 6.45) is 0. The standard InChI is InChI=1S/C23H22BrCl2NO2/c1-15(16-6-4-3-5-7-16)27-13-19-20(24)10-11-22(28-2)23(19)29-14-17-8-9-18(25)12-21(17)26/h3-12,15,27H,13-14H2,1-2H3. The smallest absolute Gasteiger partial charge is 0.167 e. The zero-order chi connectivity index (χ0) is 20.8. The van der Waals surface area contributed by atoms with Crippen molar-refractivity contribution in [3.05, 3.63) is 91.9 Å². The van der Waals surface area contributed by atoms with Crippen molar-refractivity contribution in [2.24, 2.45) is 0 Å². The second kappa shape index (κ2) is 10.4. The van der Waals surface area contributed by atoms with E-state index in [9.17, 15) is 0 Å². The number of ether oxygens (including phenoxy) is 2. The number of methoxy groups -OCH3 is 1. The molecule has 1 unspecified atom stereocenters. The van der Waals surface area contributed by atoms with Crippen molar-refractivity contribution in [3.8, 4) is 11.5 Å². The van der Waals surface area contributed by atoms with Gasteiger partial charge in [-0.1, -0.05) is 75.5 Å². The Kier molecular flexibility index (Phi) is 7.84. The van der Waals surface area contributed by atoms with Crippen LogP contribution in [0.3, 0.4) is 0 Å². The molecule has 3 aromatic carbocycles. The van der Waals surface area contributed by atoms with Crippen LogP contribution in [0.25, 0.3) is 0 Å². The summed E-state index contributed by atoms with van der Waals surface area (Å²) >= 11 is 15.9. The fraction of sp³-hybridized carbons (Fsp3) is 0.217. The first kappa shape index (κ1) is 22.0. The highest BCUT2D eigenvalue weighted by atomic mass is 79.9. The first-order valence-electron chi connectivity index (χ1n) is 9.20. The molecular formula is C23H22BrCl2NO2. The molecule has 0 fully saturated rings. The van der Waals surface area contributed by atoms with Crippen LogP contribution in [0, 0.1) is 0 Å². The van der Waals surface area contributed by atoms with Crippen LogP contribution in [0.2, 0.25) is 10.0 Å². The van der Waals surface area contributed by atoms with E-state index in [2.05, 4.69) is 40.3 Å². The molecule has 0 saturated carbocycles. The highest BCUT2D eigenvalue weighted by Gasteiger charge is 2.16.